The van der Waals surface area contributed by atoms with Gasteiger partial charge in [0.2, 0.25) is 0 Å². The predicted molar refractivity (Wildman–Crippen MR) is 68.2 cm³/mol. The molecule has 0 saturated carbocycles. The third-order valence-corrected chi connectivity index (χ3v) is 2.45. The van der Waals surface area contributed by atoms with Crippen molar-refractivity contribution in [3.8, 4) is 5.75 Å². The molecule has 2 aromatic rings. The average Bonchev–Trinajstić information content (AvgIpc) is 2.38. The zero-order valence-corrected chi connectivity index (χ0v) is 9.39. The lowest BCUT2D eigenvalue weighted by molar-refractivity contribution is 0.306. The van der Waals surface area contributed by atoms with Crippen LogP contribution in [0.25, 0.3) is 0 Å². The number of benzene rings is 2. The van der Waals surface area contributed by atoms with Crippen LogP contribution < -0.4 is 10.5 Å². The average molecular weight is 226 g/mol. The van der Waals surface area contributed by atoms with Crippen molar-refractivity contribution in [1.29, 1.82) is 5.41 Å². The van der Waals surface area contributed by atoms with Gasteiger partial charge in [-0.1, -0.05) is 42.5 Å². The summed E-state index contributed by atoms with van der Waals surface area (Å²) in [4.78, 5) is 0. The van der Waals surface area contributed by atoms with Crippen LogP contribution in [0.1, 0.15) is 11.1 Å². The fourth-order valence-electron chi connectivity index (χ4n) is 1.59. The molecule has 0 heterocycles. The lowest BCUT2D eigenvalue weighted by atomic mass is 10.1. The number of amidine groups is 1. The summed E-state index contributed by atoms with van der Waals surface area (Å²) in [6.07, 6.45) is 0. The van der Waals surface area contributed by atoms with Gasteiger partial charge in [0.1, 0.15) is 18.2 Å². The highest BCUT2D eigenvalue weighted by molar-refractivity contribution is 5.96. The van der Waals surface area contributed by atoms with Gasteiger partial charge in [0.15, 0.2) is 0 Å². The molecule has 0 fully saturated rings. The molecule has 0 aliphatic heterocycles. The maximum absolute atomic E-state index is 7.48. The van der Waals surface area contributed by atoms with E-state index in [4.69, 9.17) is 15.9 Å². The van der Waals surface area contributed by atoms with Crippen molar-refractivity contribution in [2.75, 3.05) is 0 Å². The highest BCUT2D eigenvalue weighted by Crippen LogP contribution is 2.14. The number of nitrogens with one attached hydrogen (secondary N) is 1. The van der Waals surface area contributed by atoms with Crippen molar-refractivity contribution in [2.45, 2.75) is 6.61 Å². The molecule has 0 unspecified atom stereocenters. The third kappa shape index (κ3) is 2.84. The van der Waals surface area contributed by atoms with Crippen LogP contribution in [0.4, 0.5) is 0 Å². The summed E-state index contributed by atoms with van der Waals surface area (Å²) < 4.78 is 5.63. The summed E-state index contributed by atoms with van der Waals surface area (Å²) in [5, 5.41) is 7.48. The van der Waals surface area contributed by atoms with Crippen molar-refractivity contribution in [1.82, 2.24) is 0 Å². The molecule has 3 nitrogen and oxygen atoms in total. The molecular weight excluding hydrogens is 212 g/mol. The number of ether oxygens (including phenoxy) is 1. The van der Waals surface area contributed by atoms with Crippen molar-refractivity contribution in [3.63, 3.8) is 0 Å². The van der Waals surface area contributed by atoms with E-state index in [1.165, 1.54) is 0 Å². The Morgan fingerprint density at radius 1 is 1.00 bits per heavy atom. The molecule has 2 aromatic carbocycles. The van der Waals surface area contributed by atoms with Gasteiger partial charge >= 0.3 is 0 Å². The molecular formula is C14H14N2O. The number of hydrogen-bond acceptors (Lipinski definition) is 2. The molecule has 0 atom stereocenters. The second-order valence-corrected chi connectivity index (χ2v) is 3.67. The molecule has 0 aliphatic carbocycles. The standard InChI is InChI=1S/C14H14N2O/c15-14(16)13-9-5-4-6-11(13)10-17-12-7-2-1-3-8-12/h1-9H,10H2,(H3,15,16). The van der Waals surface area contributed by atoms with Crippen LogP contribution in [-0.4, -0.2) is 5.84 Å². The van der Waals surface area contributed by atoms with Gasteiger partial charge in [0.05, 0.1) is 0 Å². The second kappa shape index (κ2) is 5.16. The normalized spacial score (nSPS) is 9.88. The molecule has 3 heteroatoms. The minimum absolute atomic E-state index is 0.0669. The van der Waals surface area contributed by atoms with E-state index < -0.39 is 0 Å². The van der Waals surface area contributed by atoms with E-state index in [0.717, 1.165) is 16.9 Å². The lowest BCUT2D eigenvalue weighted by Gasteiger charge is -2.09. The number of para-hydroxylation sites is 1. The molecule has 3 N–H and O–H groups in total. The molecule has 0 amide bonds. The fraction of sp³-hybridized carbons (Fsp3) is 0.0714. The van der Waals surface area contributed by atoms with Crippen LogP contribution in [0.2, 0.25) is 0 Å². The predicted octanol–water partition coefficient (Wildman–Crippen LogP) is 2.55. The van der Waals surface area contributed by atoms with Gasteiger partial charge < -0.3 is 10.5 Å². The summed E-state index contributed by atoms with van der Waals surface area (Å²) in [7, 11) is 0. The van der Waals surface area contributed by atoms with Crippen molar-refractivity contribution < 1.29 is 4.74 Å². The van der Waals surface area contributed by atoms with Crippen LogP contribution in [0.5, 0.6) is 5.75 Å². The Labute approximate surface area is 100 Å². The Kier molecular flexibility index (Phi) is 3.40. The molecule has 0 saturated heterocycles. The van der Waals surface area contributed by atoms with Gasteiger partial charge in [-0.3, -0.25) is 5.41 Å². The van der Waals surface area contributed by atoms with Crippen molar-refractivity contribution >= 4 is 5.84 Å². The maximum Gasteiger partial charge on any atom is 0.123 e. The number of hydrogen-bond donors (Lipinski definition) is 2. The van der Waals surface area contributed by atoms with Gasteiger partial charge in [-0.15, -0.1) is 0 Å². The Morgan fingerprint density at radius 2 is 1.65 bits per heavy atom. The molecule has 17 heavy (non-hydrogen) atoms. The highest BCUT2D eigenvalue weighted by Gasteiger charge is 2.04. The summed E-state index contributed by atoms with van der Waals surface area (Å²) in [6.45, 7) is 0.416. The number of rotatable bonds is 4. The van der Waals surface area contributed by atoms with E-state index in [1.54, 1.807) is 0 Å². The van der Waals surface area contributed by atoms with Gasteiger partial charge in [-0.2, -0.15) is 0 Å². The van der Waals surface area contributed by atoms with E-state index in [1.807, 2.05) is 54.6 Å². The fourth-order valence-corrected chi connectivity index (χ4v) is 1.59. The first-order valence-corrected chi connectivity index (χ1v) is 5.37. The van der Waals surface area contributed by atoms with Gasteiger partial charge in [0.25, 0.3) is 0 Å². The Balaban J connectivity index is 2.12. The van der Waals surface area contributed by atoms with Crippen LogP contribution in [0.15, 0.2) is 54.6 Å². The second-order valence-electron chi connectivity index (χ2n) is 3.67. The quantitative estimate of drug-likeness (QED) is 0.621. The van der Waals surface area contributed by atoms with E-state index in [2.05, 4.69) is 0 Å². The molecule has 2 rings (SSSR count). The Hall–Kier alpha value is -2.29. The SMILES string of the molecule is N=C(N)c1ccccc1COc1ccccc1. The molecule has 86 valence electrons. The summed E-state index contributed by atoms with van der Waals surface area (Å²) in [5.74, 6) is 0.878. The highest BCUT2D eigenvalue weighted by atomic mass is 16.5. The lowest BCUT2D eigenvalue weighted by Crippen LogP contribution is -2.14. The molecule has 0 aliphatic rings. The Bertz CT molecular complexity index is 509. The zero-order valence-electron chi connectivity index (χ0n) is 9.39. The minimum Gasteiger partial charge on any atom is -0.489 e. The summed E-state index contributed by atoms with van der Waals surface area (Å²) in [6, 6.07) is 17.1. The summed E-state index contributed by atoms with van der Waals surface area (Å²) in [5.41, 5.74) is 7.16. The first-order valence-electron chi connectivity index (χ1n) is 5.37. The van der Waals surface area contributed by atoms with Crippen LogP contribution >= 0.6 is 0 Å². The number of nitrogens with two attached hydrogens (primary N) is 1. The first kappa shape index (κ1) is 11.2. The first-order chi connectivity index (χ1) is 8.27. The van der Waals surface area contributed by atoms with Gasteiger partial charge in [-0.25, -0.2) is 0 Å². The monoisotopic (exact) mass is 226 g/mol. The maximum atomic E-state index is 7.48. The van der Waals surface area contributed by atoms with E-state index in [0.29, 0.717) is 6.61 Å². The topological polar surface area (TPSA) is 59.1 Å². The van der Waals surface area contributed by atoms with E-state index in [-0.39, 0.29) is 5.84 Å². The Morgan fingerprint density at radius 3 is 2.35 bits per heavy atom. The summed E-state index contributed by atoms with van der Waals surface area (Å²) >= 11 is 0. The van der Waals surface area contributed by atoms with Crippen LogP contribution in [-0.2, 0) is 6.61 Å². The molecule has 0 radical (unpaired) electrons. The van der Waals surface area contributed by atoms with Crippen molar-refractivity contribution in [2.24, 2.45) is 5.73 Å². The van der Waals surface area contributed by atoms with Crippen molar-refractivity contribution in [3.05, 3.63) is 65.7 Å². The molecule has 0 bridgehead atoms. The number of nitrogen functional groups attached to an aromatic ring is 1. The van der Waals surface area contributed by atoms with Gasteiger partial charge in [-0.05, 0) is 12.1 Å². The van der Waals surface area contributed by atoms with Gasteiger partial charge in [0, 0.05) is 11.1 Å². The molecule has 0 spiro atoms. The zero-order chi connectivity index (χ0) is 12.1. The van der Waals surface area contributed by atoms with E-state index in [9.17, 15) is 0 Å². The largest absolute Gasteiger partial charge is 0.489 e. The van der Waals surface area contributed by atoms with Crippen LogP contribution in [0, 0.1) is 5.41 Å². The minimum atomic E-state index is 0.0669. The molecule has 0 aromatic heterocycles. The van der Waals surface area contributed by atoms with Crippen LogP contribution in [0.3, 0.4) is 0 Å². The smallest absolute Gasteiger partial charge is 0.123 e. The van der Waals surface area contributed by atoms with E-state index >= 15 is 0 Å². The third-order valence-electron chi connectivity index (χ3n) is 2.45.